The summed E-state index contributed by atoms with van der Waals surface area (Å²) < 4.78 is 13.4. The van der Waals surface area contributed by atoms with Crippen molar-refractivity contribution in [3.63, 3.8) is 0 Å². The maximum atomic E-state index is 13.4. The third-order valence-corrected chi connectivity index (χ3v) is 2.93. The van der Waals surface area contributed by atoms with E-state index in [-0.39, 0.29) is 12.1 Å². The van der Waals surface area contributed by atoms with Crippen molar-refractivity contribution in [2.75, 3.05) is 13.1 Å². The van der Waals surface area contributed by atoms with E-state index in [9.17, 15) is 14.0 Å². The molecule has 0 spiro atoms. The molecule has 1 aliphatic heterocycles. The summed E-state index contributed by atoms with van der Waals surface area (Å²) in [7, 11) is 0. The summed E-state index contributed by atoms with van der Waals surface area (Å²) in [5.41, 5.74) is -0.00135. The number of aliphatic carboxylic acids is 1. The first-order valence-electron chi connectivity index (χ1n) is 5.36. The van der Waals surface area contributed by atoms with Gasteiger partial charge in [-0.3, -0.25) is 9.59 Å². The number of likely N-dealkylation sites (tertiary alicyclic amines) is 1. The monoisotopic (exact) mass is 237 g/mol. The molecule has 0 aromatic heterocycles. The normalized spacial score (nSPS) is 19.4. The van der Waals surface area contributed by atoms with E-state index in [0.717, 1.165) is 0 Å². The van der Waals surface area contributed by atoms with Crippen LogP contribution in [0.5, 0.6) is 0 Å². The van der Waals surface area contributed by atoms with Crippen LogP contribution in [0.3, 0.4) is 0 Å². The Hall–Kier alpha value is -1.91. The summed E-state index contributed by atoms with van der Waals surface area (Å²) in [6.07, 6.45) is 0.426. The molecule has 1 aromatic carbocycles. The molecule has 0 radical (unpaired) electrons. The molecule has 0 bridgehead atoms. The van der Waals surface area contributed by atoms with Gasteiger partial charge in [0.15, 0.2) is 0 Å². The average Bonchev–Trinajstić information content (AvgIpc) is 2.78. The summed E-state index contributed by atoms with van der Waals surface area (Å²) in [5, 5.41) is 8.83. The molecule has 17 heavy (non-hydrogen) atoms. The van der Waals surface area contributed by atoms with Gasteiger partial charge in [-0.1, -0.05) is 12.1 Å². The van der Waals surface area contributed by atoms with Gasteiger partial charge in [0.2, 0.25) is 0 Å². The lowest BCUT2D eigenvalue weighted by molar-refractivity contribution is -0.141. The molecule has 2 rings (SSSR count). The van der Waals surface area contributed by atoms with E-state index in [1.54, 1.807) is 6.07 Å². The van der Waals surface area contributed by atoms with Gasteiger partial charge in [0.1, 0.15) is 5.82 Å². The minimum Gasteiger partial charge on any atom is -0.481 e. The molecule has 0 saturated carbocycles. The number of carboxylic acids is 1. The van der Waals surface area contributed by atoms with Gasteiger partial charge < -0.3 is 10.0 Å². The van der Waals surface area contributed by atoms with E-state index in [1.807, 2.05) is 0 Å². The summed E-state index contributed by atoms with van der Waals surface area (Å²) in [4.78, 5) is 24.1. The minimum absolute atomic E-state index is 0.00135. The van der Waals surface area contributed by atoms with E-state index in [4.69, 9.17) is 5.11 Å². The SMILES string of the molecule is O=C(O)C1CCN(C(=O)c2ccccc2F)C1. The molecule has 1 fully saturated rings. The van der Waals surface area contributed by atoms with Crippen molar-refractivity contribution in [1.29, 1.82) is 0 Å². The number of rotatable bonds is 2. The predicted molar refractivity (Wildman–Crippen MR) is 58.0 cm³/mol. The third kappa shape index (κ3) is 2.27. The minimum atomic E-state index is -0.908. The van der Waals surface area contributed by atoms with Crippen LogP contribution >= 0.6 is 0 Å². The summed E-state index contributed by atoms with van der Waals surface area (Å²) in [6, 6.07) is 5.72. The first kappa shape index (κ1) is 11.6. The molecule has 1 saturated heterocycles. The summed E-state index contributed by atoms with van der Waals surface area (Å²) in [6.45, 7) is 0.520. The van der Waals surface area contributed by atoms with Crippen LogP contribution < -0.4 is 0 Å². The number of amides is 1. The number of carboxylic acid groups (broad SMARTS) is 1. The molecule has 4 nitrogen and oxygen atoms in total. The maximum absolute atomic E-state index is 13.4. The molecular weight excluding hydrogens is 225 g/mol. The average molecular weight is 237 g/mol. The van der Waals surface area contributed by atoms with Crippen LogP contribution in [0.25, 0.3) is 0 Å². The largest absolute Gasteiger partial charge is 0.481 e. The first-order chi connectivity index (χ1) is 8.09. The first-order valence-corrected chi connectivity index (χ1v) is 5.36. The zero-order chi connectivity index (χ0) is 12.4. The fourth-order valence-electron chi connectivity index (χ4n) is 1.95. The highest BCUT2D eigenvalue weighted by Crippen LogP contribution is 2.19. The number of nitrogens with zero attached hydrogens (tertiary/aromatic N) is 1. The van der Waals surface area contributed by atoms with Gasteiger partial charge in [-0.05, 0) is 18.6 Å². The number of carbonyl (C=O) groups excluding carboxylic acids is 1. The van der Waals surface area contributed by atoms with E-state index in [2.05, 4.69) is 0 Å². The Morgan fingerprint density at radius 2 is 2.06 bits per heavy atom. The molecule has 5 heteroatoms. The van der Waals surface area contributed by atoms with Crippen LogP contribution in [0, 0.1) is 11.7 Å². The van der Waals surface area contributed by atoms with Crippen LogP contribution in [0.15, 0.2) is 24.3 Å². The molecular formula is C12H12FNO3. The standard InChI is InChI=1S/C12H12FNO3/c13-10-4-2-1-3-9(10)11(15)14-6-5-8(7-14)12(16)17/h1-4,8H,5-7H2,(H,16,17). The second-order valence-electron chi connectivity index (χ2n) is 4.05. The van der Waals surface area contributed by atoms with Crippen molar-refractivity contribution in [2.45, 2.75) is 6.42 Å². The number of halogens is 1. The fourth-order valence-corrected chi connectivity index (χ4v) is 1.95. The van der Waals surface area contributed by atoms with Gasteiger partial charge in [-0.15, -0.1) is 0 Å². The van der Waals surface area contributed by atoms with Crippen molar-refractivity contribution in [2.24, 2.45) is 5.92 Å². The number of hydrogen-bond acceptors (Lipinski definition) is 2. The number of hydrogen-bond donors (Lipinski definition) is 1. The van der Waals surface area contributed by atoms with Gasteiger partial charge in [-0.2, -0.15) is 0 Å². The molecule has 1 atom stereocenters. The van der Waals surface area contributed by atoms with Crippen LogP contribution in [0.4, 0.5) is 4.39 Å². The Morgan fingerprint density at radius 3 is 2.65 bits per heavy atom. The second-order valence-corrected chi connectivity index (χ2v) is 4.05. The Labute approximate surface area is 97.7 Å². The lowest BCUT2D eigenvalue weighted by atomic mass is 10.1. The topological polar surface area (TPSA) is 57.6 Å². The smallest absolute Gasteiger partial charge is 0.308 e. The highest BCUT2D eigenvalue weighted by atomic mass is 19.1. The Bertz CT molecular complexity index is 461. The maximum Gasteiger partial charge on any atom is 0.308 e. The highest BCUT2D eigenvalue weighted by Gasteiger charge is 2.31. The highest BCUT2D eigenvalue weighted by molar-refractivity contribution is 5.95. The van der Waals surface area contributed by atoms with E-state index < -0.39 is 23.6 Å². The predicted octanol–water partition coefficient (Wildman–Crippen LogP) is 1.37. The van der Waals surface area contributed by atoms with Crippen LogP contribution in [0.1, 0.15) is 16.8 Å². The Kier molecular flexibility index (Phi) is 3.08. The van der Waals surface area contributed by atoms with Crippen molar-refractivity contribution in [3.8, 4) is 0 Å². The van der Waals surface area contributed by atoms with Gasteiger partial charge >= 0.3 is 5.97 Å². The molecule has 1 aliphatic rings. The van der Waals surface area contributed by atoms with Crippen LogP contribution in [-0.2, 0) is 4.79 Å². The number of carbonyl (C=O) groups is 2. The van der Waals surface area contributed by atoms with Gasteiger partial charge in [-0.25, -0.2) is 4.39 Å². The van der Waals surface area contributed by atoms with E-state index >= 15 is 0 Å². The Balaban J connectivity index is 2.13. The molecule has 0 aliphatic carbocycles. The van der Waals surface area contributed by atoms with Crippen molar-refractivity contribution in [3.05, 3.63) is 35.6 Å². The molecule has 1 amide bonds. The zero-order valence-electron chi connectivity index (χ0n) is 9.10. The third-order valence-electron chi connectivity index (χ3n) is 2.93. The lowest BCUT2D eigenvalue weighted by Gasteiger charge is -2.15. The van der Waals surface area contributed by atoms with Crippen LogP contribution in [0.2, 0.25) is 0 Å². The molecule has 1 aromatic rings. The van der Waals surface area contributed by atoms with Crippen molar-refractivity contribution >= 4 is 11.9 Å². The van der Waals surface area contributed by atoms with Gasteiger partial charge in [0.25, 0.3) is 5.91 Å². The number of benzene rings is 1. The van der Waals surface area contributed by atoms with E-state index in [1.165, 1.54) is 23.1 Å². The zero-order valence-corrected chi connectivity index (χ0v) is 9.10. The van der Waals surface area contributed by atoms with Crippen LogP contribution in [-0.4, -0.2) is 35.0 Å². The van der Waals surface area contributed by atoms with Gasteiger partial charge in [0.05, 0.1) is 11.5 Å². The van der Waals surface area contributed by atoms with Crippen molar-refractivity contribution < 1.29 is 19.1 Å². The van der Waals surface area contributed by atoms with Crippen molar-refractivity contribution in [1.82, 2.24) is 4.90 Å². The lowest BCUT2D eigenvalue weighted by Crippen LogP contribution is -2.30. The molecule has 1 N–H and O–H groups in total. The summed E-state index contributed by atoms with van der Waals surface area (Å²) >= 11 is 0. The second kappa shape index (κ2) is 4.53. The molecule has 1 heterocycles. The molecule has 90 valence electrons. The quantitative estimate of drug-likeness (QED) is 0.845. The Morgan fingerprint density at radius 1 is 1.35 bits per heavy atom. The summed E-state index contributed by atoms with van der Waals surface area (Å²) in [5.74, 6) is -2.46. The van der Waals surface area contributed by atoms with Gasteiger partial charge in [0, 0.05) is 13.1 Å². The molecule has 1 unspecified atom stereocenters. The van der Waals surface area contributed by atoms with E-state index in [0.29, 0.717) is 13.0 Å². The fraction of sp³-hybridized carbons (Fsp3) is 0.333.